The Morgan fingerprint density at radius 3 is 2.68 bits per heavy atom. The molecule has 3 atom stereocenters. The molecule has 0 radical (unpaired) electrons. The van der Waals surface area contributed by atoms with Crippen LogP contribution in [-0.4, -0.2) is 58.3 Å². The normalized spacial score (nSPS) is 22.6. The summed E-state index contributed by atoms with van der Waals surface area (Å²) < 4.78 is 13.7. The zero-order valence-corrected chi connectivity index (χ0v) is 23.4. The first-order chi connectivity index (χ1) is 17.9. The van der Waals surface area contributed by atoms with Gasteiger partial charge in [-0.2, -0.15) is 5.26 Å². The Bertz CT molecular complexity index is 1210. The first-order valence-electron chi connectivity index (χ1n) is 13.4. The van der Waals surface area contributed by atoms with Gasteiger partial charge in [0.2, 0.25) is 0 Å². The number of rotatable bonds is 9. The molecule has 2 aliphatic carbocycles. The van der Waals surface area contributed by atoms with Crippen LogP contribution in [0, 0.1) is 23.1 Å². The topological polar surface area (TPSA) is 79.6 Å². The molecular formula is C30H38ClFN4O2. The smallest absolute Gasteiger partial charge is 0.322 e. The molecule has 4 rings (SSSR count). The summed E-state index contributed by atoms with van der Waals surface area (Å²) in [5.41, 5.74) is 1.62. The third-order valence-corrected chi connectivity index (χ3v) is 8.39. The Labute approximate surface area is 230 Å². The second kappa shape index (κ2) is 11.2. The minimum absolute atomic E-state index is 0.0365. The van der Waals surface area contributed by atoms with E-state index in [2.05, 4.69) is 36.2 Å². The van der Waals surface area contributed by atoms with E-state index in [1.54, 1.807) is 13.8 Å². The number of anilines is 1. The van der Waals surface area contributed by atoms with Crippen molar-refractivity contribution in [1.29, 1.82) is 5.26 Å². The van der Waals surface area contributed by atoms with Crippen LogP contribution in [0.2, 0.25) is 5.02 Å². The lowest BCUT2D eigenvalue weighted by molar-refractivity contribution is 0.0217. The minimum Gasteiger partial charge on any atom is -0.389 e. The van der Waals surface area contributed by atoms with E-state index in [1.165, 1.54) is 23.8 Å². The Morgan fingerprint density at radius 2 is 2.05 bits per heavy atom. The van der Waals surface area contributed by atoms with Gasteiger partial charge >= 0.3 is 6.03 Å². The number of carbonyl (C=O) groups is 1. The standard InChI is InChI=1S/C30H38ClFN4O2/c1-20(2)35(19-29(3,4)38)12-13-36(28(37)34-24-8-9-27(32)26(31)16-24)25-10-11-30(17-23(30)15-25)22-7-5-6-21(14-22)18-33/h5-9,14,16,20,23,25,38H,10-13,15,17,19H2,1-4H3,(H,34,37)/t23?,25-,30+/m0/s1. The lowest BCUT2D eigenvalue weighted by Gasteiger charge is -2.39. The van der Waals surface area contributed by atoms with Gasteiger partial charge in [-0.3, -0.25) is 4.90 Å². The van der Waals surface area contributed by atoms with Crippen molar-refractivity contribution in [3.8, 4) is 6.07 Å². The Morgan fingerprint density at radius 1 is 1.29 bits per heavy atom. The van der Waals surface area contributed by atoms with E-state index in [-0.39, 0.29) is 28.6 Å². The van der Waals surface area contributed by atoms with Gasteiger partial charge in [0.1, 0.15) is 5.82 Å². The summed E-state index contributed by atoms with van der Waals surface area (Å²) in [6.07, 6.45) is 3.78. The molecule has 2 aromatic rings. The van der Waals surface area contributed by atoms with Crippen LogP contribution in [0.3, 0.4) is 0 Å². The highest BCUT2D eigenvalue weighted by Crippen LogP contribution is 2.62. The summed E-state index contributed by atoms with van der Waals surface area (Å²) >= 11 is 5.95. The van der Waals surface area contributed by atoms with Crippen LogP contribution in [0.1, 0.15) is 64.5 Å². The molecule has 2 aromatic carbocycles. The number of aliphatic hydroxyl groups is 1. The molecule has 0 spiro atoms. The third kappa shape index (κ3) is 6.48. The number of nitrogens with one attached hydrogen (secondary N) is 1. The van der Waals surface area contributed by atoms with Gasteiger partial charge in [0, 0.05) is 37.4 Å². The van der Waals surface area contributed by atoms with Crippen molar-refractivity contribution in [2.24, 2.45) is 5.92 Å². The molecule has 0 aromatic heterocycles. The highest BCUT2D eigenvalue weighted by atomic mass is 35.5. The molecule has 204 valence electrons. The van der Waals surface area contributed by atoms with Gasteiger partial charge in [-0.1, -0.05) is 23.7 Å². The van der Waals surface area contributed by atoms with Crippen LogP contribution in [0.5, 0.6) is 0 Å². The van der Waals surface area contributed by atoms with Gasteiger partial charge in [-0.05, 0) is 101 Å². The Kier molecular flexibility index (Phi) is 8.37. The van der Waals surface area contributed by atoms with Crippen molar-refractivity contribution in [3.63, 3.8) is 0 Å². The predicted molar refractivity (Wildman–Crippen MR) is 149 cm³/mol. The molecule has 2 amide bonds. The van der Waals surface area contributed by atoms with Crippen molar-refractivity contribution < 1.29 is 14.3 Å². The van der Waals surface area contributed by atoms with E-state index in [0.717, 1.165) is 25.7 Å². The molecule has 0 bridgehead atoms. The number of amides is 2. The molecule has 2 N–H and O–H groups in total. The third-order valence-electron chi connectivity index (χ3n) is 8.10. The molecule has 38 heavy (non-hydrogen) atoms. The molecule has 2 saturated carbocycles. The zero-order valence-electron chi connectivity index (χ0n) is 22.7. The van der Waals surface area contributed by atoms with Crippen LogP contribution in [0.4, 0.5) is 14.9 Å². The lowest BCUT2D eigenvalue weighted by atomic mass is 9.80. The van der Waals surface area contributed by atoms with E-state index in [4.69, 9.17) is 11.6 Å². The zero-order chi connectivity index (χ0) is 27.7. The number of hydrogen-bond donors (Lipinski definition) is 2. The summed E-state index contributed by atoms with van der Waals surface area (Å²) in [6.45, 7) is 9.38. The maximum absolute atomic E-state index is 13.7. The van der Waals surface area contributed by atoms with Gasteiger partial charge in [-0.15, -0.1) is 0 Å². The molecule has 6 nitrogen and oxygen atoms in total. The molecule has 0 aliphatic heterocycles. The quantitative estimate of drug-likeness (QED) is 0.398. The van der Waals surface area contributed by atoms with Gasteiger partial charge in [0.15, 0.2) is 0 Å². The van der Waals surface area contributed by atoms with Crippen molar-refractivity contribution in [2.75, 3.05) is 25.0 Å². The van der Waals surface area contributed by atoms with Crippen LogP contribution in [-0.2, 0) is 5.41 Å². The molecule has 0 heterocycles. The fourth-order valence-corrected chi connectivity index (χ4v) is 6.20. The molecule has 8 heteroatoms. The molecular weight excluding hydrogens is 503 g/mol. The highest BCUT2D eigenvalue weighted by Gasteiger charge is 2.58. The lowest BCUT2D eigenvalue weighted by Crippen LogP contribution is -2.51. The van der Waals surface area contributed by atoms with Crippen LogP contribution in [0.25, 0.3) is 0 Å². The predicted octanol–water partition coefficient (Wildman–Crippen LogP) is 6.18. The number of urea groups is 1. The Hall–Kier alpha value is -2.66. The summed E-state index contributed by atoms with van der Waals surface area (Å²) in [5.74, 6) is -0.0677. The Balaban J connectivity index is 1.51. The highest BCUT2D eigenvalue weighted by molar-refractivity contribution is 6.31. The second-order valence-corrected chi connectivity index (χ2v) is 12.2. The van der Waals surface area contributed by atoms with Crippen molar-refractivity contribution in [2.45, 2.75) is 76.5 Å². The van der Waals surface area contributed by atoms with Crippen molar-refractivity contribution >= 4 is 23.3 Å². The number of halogens is 2. The first kappa shape index (κ1) is 28.4. The maximum atomic E-state index is 13.7. The number of hydrogen-bond acceptors (Lipinski definition) is 4. The van der Waals surface area contributed by atoms with Crippen LogP contribution >= 0.6 is 11.6 Å². The van der Waals surface area contributed by atoms with E-state index in [1.807, 2.05) is 23.1 Å². The second-order valence-electron chi connectivity index (χ2n) is 11.8. The van der Waals surface area contributed by atoms with Crippen LogP contribution in [0.15, 0.2) is 42.5 Å². The van der Waals surface area contributed by atoms with E-state index < -0.39 is 11.4 Å². The molecule has 2 aliphatic rings. The van der Waals surface area contributed by atoms with Gasteiger partial charge in [-0.25, -0.2) is 9.18 Å². The number of nitriles is 1. The molecule has 0 saturated heterocycles. The SMILES string of the molecule is CC(C)N(CCN(C(=O)Nc1ccc(F)c(Cl)c1)[C@H]1CC[C@]2(c3cccc(C#N)c3)CC2C1)CC(C)(C)O. The fraction of sp³-hybridized carbons (Fsp3) is 0.533. The monoisotopic (exact) mass is 540 g/mol. The van der Waals surface area contributed by atoms with Crippen LogP contribution < -0.4 is 5.32 Å². The number of nitrogens with zero attached hydrogens (tertiary/aromatic N) is 3. The summed E-state index contributed by atoms with van der Waals surface area (Å²) in [7, 11) is 0. The first-order valence-corrected chi connectivity index (χ1v) is 13.8. The van der Waals surface area contributed by atoms with Gasteiger partial charge in [0.25, 0.3) is 0 Å². The van der Waals surface area contributed by atoms with E-state index in [9.17, 15) is 19.6 Å². The summed E-state index contributed by atoms with van der Waals surface area (Å²) in [4.78, 5) is 17.7. The number of fused-ring (bicyclic) bond motifs is 1. The van der Waals surface area contributed by atoms with Gasteiger partial charge in [0.05, 0.1) is 22.3 Å². The fourth-order valence-electron chi connectivity index (χ4n) is 6.02. The number of benzene rings is 2. The van der Waals surface area contributed by atoms with Crippen molar-refractivity contribution in [3.05, 3.63) is 64.4 Å². The summed E-state index contributed by atoms with van der Waals surface area (Å²) in [5, 5.41) is 22.7. The van der Waals surface area contributed by atoms with Gasteiger partial charge < -0.3 is 15.3 Å². The number of carbonyl (C=O) groups excluding carboxylic acids is 1. The minimum atomic E-state index is -0.849. The average Bonchev–Trinajstić information content (AvgIpc) is 3.60. The maximum Gasteiger partial charge on any atom is 0.322 e. The molecule has 1 unspecified atom stereocenters. The van der Waals surface area contributed by atoms with Crippen molar-refractivity contribution in [1.82, 2.24) is 9.80 Å². The molecule has 2 fully saturated rings. The average molecular weight is 541 g/mol. The largest absolute Gasteiger partial charge is 0.389 e. The van der Waals surface area contributed by atoms with E-state index >= 15 is 0 Å². The summed E-state index contributed by atoms with van der Waals surface area (Å²) in [6, 6.07) is 14.4. The van der Waals surface area contributed by atoms with E-state index in [0.29, 0.717) is 36.8 Å².